The van der Waals surface area contributed by atoms with Crippen molar-refractivity contribution in [1.82, 2.24) is 0 Å². The molecule has 1 atom stereocenters. The second kappa shape index (κ2) is 4.10. The molecule has 0 aliphatic carbocycles. The molecule has 2 rings (SSSR count). The summed E-state index contributed by atoms with van der Waals surface area (Å²) in [6.07, 6.45) is 7.83. The lowest BCUT2D eigenvalue weighted by molar-refractivity contribution is -0.969. The molecule has 0 aromatic carbocycles. The van der Waals surface area contributed by atoms with Gasteiger partial charge in [-0.05, 0) is 38.5 Å². The maximum absolute atomic E-state index is 4.11. The van der Waals surface area contributed by atoms with Crippen molar-refractivity contribution in [3.8, 4) is 0 Å². The molecule has 2 heterocycles. The fraction of sp³-hybridized carbons (Fsp3) is 0.882. The van der Waals surface area contributed by atoms with Crippen LogP contribution < -0.4 is 0 Å². The number of rotatable bonds is 2. The Labute approximate surface area is 114 Å². The average molecular weight is 250 g/mol. The fourth-order valence-electron chi connectivity index (χ4n) is 4.78. The minimum Gasteiger partial charge on any atom is -0.319 e. The molecule has 2 fully saturated rings. The molecule has 1 heteroatoms. The van der Waals surface area contributed by atoms with Gasteiger partial charge >= 0.3 is 0 Å². The Morgan fingerprint density at radius 3 is 2.06 bits per heavy atom. The summed E-state index contributed by atoms with van der Waals surface area (Å²) in [6, 6.07) is 0. The molecule has 0 amide bonds. The van der Waals surface area contributed by atoms with Gasteiger partial charge < -0.3 is 4.48 Å². The third-order valence-corrected chi connectivity index (χ3v) is 7.18. The summed E-state index contributed by atoms with van der Waals surface area (Å²) in [7, 11) is 0. The predicted molar refractivity (Wildman–Crippen MR) is 79.5 cm³/mol. The Morgan fingerprint density at radius 1 is 1.00 bits per heavy atom. The largest absolute Gasteiger partial charge is 0.319 e. The van der Waals surface area contributed by atoms with Gasteiger partial charge in [-0.2, -0.15) is 0 Å². The molecule has 1 nitrogen and oxygen atoms in total. The van der Waals surface area contributed by atoms with E-state index in [0.717, 1.165) is 0 Å². The predicted octanol–water partition coefficient (Wildman–Crippen LogP) is 4.39. The third-order valence-electron chi connectivity index (χ3n) is 7.18. The molecule has 2 aliphatic heterocycles. The highest BCUT2D eigenvalue weighted by atomic mass is 15.4. The van der Waals surface area contributed by atoms with Gasteiger partial charge in [0.15, 0.2) is 0 Å². The summed E-state index contributed by atoms with van der Waals surface area (Å²) in [6.45, 7) is 20.6. The number of nitrogens with zero attached hydrogens (tertiary/aromatic N) is 1. The van der Waals surface area contributed by atoms with Crippen molar-refractivity contribution in [2.24, 2.45) is 10.8 Å². The highest BCUT2D eigenvalue weighted by molar-refractivity contribution is 5.10. The zero-order valence-corrected chi connectivity index (χ0v) is 13.2. The molecule has 0 radical (unpaired) electrons. The van der Waals surface area contributed by atoms with Crippen LogP contribution in [0.3, 0.4) is 0 Å². The summed E-state index contributed by atoms with van der Waals surface area (Å²) in [4.78, 5) is 0. The van der Waals surface area contributed by atoms with Crippen molar-refractivity contribution < 1.29 is 4.48 Å². The molecule has 0 saturated carbocycles. The molecule has 1 spiro atoms. The molecule has 0 N–H and O–H groups in total. The topological polar surface area (TPSA) is 0 Å². The molecule has 0 aromatic heterocycles. The van der Waals surface area contributed by atoms with E-state index in [9.17, 15) is 0 Å². The number of allylic oxidation sites excluding steroid dienone is 1. The molecule has 1 unspecified atom stereocenters. The van der Waals surface area contributed by atoms with Crippen LogP contribution in [0.4, 0.5) is 0 Å². The lowest BCUT2D eigenvalue weighted by Crippen LogP contribution is -2.65. The van der Waals surface area contributed by atoms with E-state index in [1.165, 1.54) is 49.8 Å². The second-order valence-electron chi connectivity index (χ2n) is 7.94. The molecular weight excluding hydrogens is 218 g/mol. The van der Waals surface area contributed by atoms with Gasteiger partial charge in [-0.1, -0.05) is 26.8 Å². The summed E-state index contributed by atoms with van der Waals surface area (Å²) in [5.41, 5.74) is 0.944. The summed E-state index contributed by atoms with van der Waals surface area (Å²) in [5, 5.41) is 0. The SMILES string of the molecule is C=CC(C)(C)C1(C)CC[N+]2(CCCCC2)C1(C)C. The first-order valence-electron chi connectivity index (χ1n) is 7.72. The van der Waals surface area contributed by atoms with E-state index in [2.05, 4.69) is 47.3 Å². The Bertz CT molecular complexity index is 334. The second-order valence-corrected chi connectivity index (χ2v) is 7.94. The maximum atomic E-state index is 4.11. The lowest BCUT2D eigenvalue weighted by Gasteiger charge is -2.56. The zero-order chi connectivity index (χ0) is 13.7. The Hall–Kier alpha value is -0.300. The normalized spacial score (nSPS) is 34.7. The number of hydrogen-bond donors (Lipinski definition) is 0. The van der Waals surface area contributed by atoms with E-state index in [4.69, 9.17) is 0 Å². The fourth-order valence-corrected chi connectivity index (χ4v) is 4.78. The van der Waals surface area contributed by atoms with E-state index < -0.39 is 0 Å². The first kappa shape index (κ1) is 14.1. The first-order valence-corrected chi connectivity index (χ1v) is 7.72. The number of piperidine rings is 1. The highest BCUT2D eigenvalue weighted by Gasteiger charge is 2.65. The van der Waals surface area contributed by atoms with Gasteiger partial charge in [-0.25, -0.2) is 0 Å². The van der Waals surface area contributed by atoms with Crippen LogP contribution in [0.5, 0.6) is 0 Å². The third kappa shape index (κ3) is 1.56. The van der Waals surface area contributed by atoms with Gasteiger partial charge in [-0.3, -0.25) is 0 Å². The average Bonchev–Trinajstić information content (AvgIpc) is 2.53. The monoisotopic (exact) mass is 250 g/mol. The highest BCUT2D eigenvalue weighted by Crippen LogP contribution is 2.60. The summed E-state index contributed by atoms with van der Waals surface area (Å²) in [5.74, 6) is 0. The maximum Gasteiger partial charge on any atom is 0.1000 e. The minimum atomic E-state index is 0.218. The first-order chi connectivity index (χ1) is 8.22. The smallest absolute Gasteiger partial charge is 0.1000 e. The van der Waals surface area contributed by atoms with E-state index in [1.54, 1.807) is 0 Å². The van der Waals surface area contributed by atoms with Crippen LogP contribution in [0.15, 0.2) is 12.7 Å². The molecular formula is C17H32N+. The van der Waals surface area contributed by atoms with Crippen molar-refractivity contribution in [3.63, 3.8) is 0 Å². The zero-order valence-electron chi connectivity index (χ0n) is 13.2. The summed E-state index contributed by atoms with van der Waals surface area (Å²) < 4.78 is 1.36. The number of hydrogen-bond acceptors (Lipinski definition) is 0. The Morgan fingerprint density at radius 2 is 1.56 bits per heavy atom. The van der Waals surface area contributed by atoms with Crippen LogP contribution in [0, 0.1) is 10.8 Å². The van der Waals surface area contributed by atoms with Gasteiger partial charge in [0.05, 0.1) is 25.2 Å². The van der Waals surface area contributed by atoms with Gasteiger partial charge in [0.25, 0.3) is 0 Å². The molecule has 18 heavy (non-hydrogen) atoms. The quantitative estimate of drug-likeness (QED) is 0.504. The Balaban J connectivity index is 2.40. The van der Waals surface area contributed by atoms with E-state index in [0.29, 0.717) is 11.0 Å². The van der Waals surface area contributed by atoms with Crippen LogP contribution in [-0.2, 0) is 0 Å². The van der Waals surface area contributed by atoms with E-state index in [-0.39, 0.29) is 5.41 Å². The van der Waals surface area contributed by atoms with Crippen LogP contribution >= 0.6 is 0 Å². The van der Waals surface area contributed by atoms with Crippen molar-refractivity contribution in [1.29, 1.82) is 0 Å². The molecule has 0 aromatic rings. The summed E-state index contributed by atoms with van der Waals surface area (Å²) >= 11 is 0. The standard InChI is InChI=1S/C17H32N/c1-7-15(2,3)17(6)11-14-18(16(17,4)5)12-9-8-10-13-18/h7H,1,8-14H2,2-6H3/q+1. The van der Waals surface area contributed by atoms with Crippen molar-refractivity contribution >= 4 is 0 Å². The van der Waals surface area contributed by atoms with Crippen LogP contribution in [0.2, 0.25) is 0 Å². The van der Waals surface area contributed by atoms with Crippen LogP contribution in [-0.4, -0.2) is 29.7 Å². The van der Waals surface area contributed by atoms with Crippen molar-refractivity contribution in [2.75, 3.05) is 19.6 Å². The number of quaternary nitrogens is 1. The molecule has 2 saturated heterocycles. The Kier molecular flexibility index (Phi) is 3.21. The van der Waals surface area contributed by atoms with Gasteiger partial charge in [0.2, 0.25) is 0 Å². The van der Waals surface area contributed by atoms with Gasteiger partial charge in [0, 0.05) is 11.8 Å². The van der Waals surface area contributed by atoms with Crippen LogP contribution in [0.25, 0.3) is 0 Å². The lowest BCUT2D eigenvalue weighted by atomic mass is 9.57. The van der Waals surface area contributed by atoms with E-state index >= 15 is 0 Å². The van der Waals surface area contributed by atoms with Gasteiger partial charge in [-0.15, -0.1) is 6.58 Å². The van der Waals surface area contributed by atoms with E-state index in [1.807, 2.05) is 0 Å². The minimum absolute atomic E-state index is 0.218. The molecule has 2 aliphatic rings. The molecule has 0 bridgehead atoms. The molecule has 104 valence electrons. The van der Waals surface area contributed by atoms with Crippen LogP contribution in [0.1, 0.15) is 60.3 Å². The van der Waals surface area contributed by atoms with Gasteiger partial charge in [0.1, 0.15) is 0 Å². The van der Waals surface area contributed by atoms with Crippen molar-refractivity contribution in [3.05, 3.63) is 12.7 Å². The van der Waals surface area contributed by atoms with Crippen molar-refractivity contribution in [2.45, 2.75) is 65.8 Å².